The molecule has 0 radical (unpaired) electrons. The van der Waals surface area contributed by atoms with Gasteiger partial charge in [0.05, 0.1) is 19.4 Å². The van der Waals surface area contributed by atoms with Gasteiger partial charge in [-0.05, 0) is 43.2 Å². The molecule has 3 N–H and O–H groups in total. The van der Waals surface area contributed by atoms with E-state index in [9.17, 15) is 14.7 Å². The predicted molar refractivity (Wildman–Crippen MR) is 104 cm³/mol. The summed E-state index contributed by atoms with van der Waals surface area (Å²) in [5, 5.41) is 10.6. The first kappa shape index (κ1) is 22.9. The maximum atomic E-state index is 12.3. The fourth-order valence-corrected chi connectivity index (χ4v) is 3.00. The summed E-state index contributed by atoms with van der Waals surface area (Å²) in [6.07, 6.45) is 3.21. The number of aliphatic hydroxyl groups excluding tert-OH is 1. The molecule has 0 bridgehead atoms. The van der Waals surface area contributed by atoms with Crippen molar-refractivity contribution in [1.29, 1.82) is 0 Å². The molecule has 2 amide bonds. The molecular formula is C20H33N3O4. The number of aromatic nitrogens is 1. The van der Waals surface area contributed by atoms with E-state index in [0.717, 1.165) is 18.5 Å². The Morgan fingerprint density at radius 1 is 1.30 bits per heavy atom. The molecule has 0 saturated heterocycles. The van der Waals surface area contributed by atoms with E-state index < -0.39 is 18.1 Å². The van der Waals surface area contributed by atoms with Crippen molar-refractivity contribution in [3.8, 4) is 5.75 Å². The quantitative estimate of drug-likeness (QED) is 0.609. The molecule has 27 heavy (non-hydrogen) atoms. The number of likely N-dealkylation sites (N-methyl/N-ethyl adjacent to an activating group) is 1. The molecule has 0 aromatic carbocycles. The third-order valence-electron chi connectivity index (χ3n) is 4.72. The van der Waals surface area contributed by atoms with Crippen LogP contribution in [-0.2, 0) is 16.0 Å². The van der Waals surface area contributed by atoms with Gasteiger partial charge < -0.3 is 20.5 Å². The lowest BCUT2D eigenvalue weighted by molar-refractivity contribution is -0.143. The van der Waals surface area contributed by atoms with E-state index in [1.807, 2.05) is 32.9 Å². The average molecular weight is 380 g/mol. The van der Waals surface area contributed by atoms with Crippen LogP contribution >= 0.6 is 0 Å². The standard InChI is InChI=1S/C20H33N3O4/c1-13(2)11-17(24)23(4)18(20(21)26)19(25)14(3)7-6-8-15-9-10-16(27-5)12-22-15/h9-10,12-14,18-19,25H,6-8,11H2,1-5H3,(H2,21,26)/t14-,18+,19-/m1/s1. The maximum Gasteiger partial charge on any atom is 0.242 e. The number of hydrogen-bond acceptors (Lipinski definition) is 5. The van der Waals surface area contributed by atoms with Gasteiger partial charge in [0, 0.05) is 19.2 Å². The normalized spacial score (nSPS) is 14.5. The zero-order valence-electron chi connectivity index (χ0n) is 17.0. The van der Waals surface area contributed by atoms with Crippen LogP contribution < -0.4 is 10.5 Å². The van der Waals surface area contributed by atoms with E-state index in [0.29, 0.717) is 18.6 Å². The average Bonchev–Trinajstić information content (AvgIpc) is 2.61. The first-order valence-electron chi connectivity index (χ1n) is 9.39. The monoisotopic (exact) mass is 379 g/mol. The molecule has 0 spiro atoms. The van der Waals surface area contributed by atoms with Crippen molar-refractivity contribution < 1.29 is 19.4 Å². The second kappa shape index (κ2) is 10.9. The number of rotatable bonds is 11. The number of pyridine rings is 1. The van der Waals surface area contributed by atoms with Gasteiger partial charge in [-0.3, -0.25) is 14.6 Å². The number of aliphatic hydroxyl groups is 1. The molecule has 0 aliphatic heterocycles. The molecule has 3 atom stereocenters. The molecule has 1 heterocycles. The van der Waals surface area contributed by atoms with Gasteiger partial charge in [-0.1, -0.05) is 20.8 Å². The summed E-state index contributed by atoms with van der Waals surface area (Å²) in [7, 11) is 3.12. The number of nitrogens with zero attached hydrogens (tertiary/aromatic N) is 2. The minimum Gasteiger partial charge on any atom is -0.495 e. The van der Waals surface area contributed by atoms with Crippen LogP contribution in [0.25, 0.3) is 0 Å². The zero-order valence-corrected chi connectivity index (χ0v) is 17.0. The second-order valence-electron chi connectivity index (χ2n) is 7.50. The Bertz CT molecular complexity index is 604. The number of ether oxygens (including phenoxy) is 1. The summed E-state index contributed by atoms with van der Waals surface area (Å²) in [5.74, 6) is -0.190. The Kier molecular flexibility index (Phi) is 9.21. The molecule has 0 aliphatic carbocycles. The van der Waals surface area contributed by atoms with E-state index in [4.69, 9.17) is 10.5 Å². The van der Waals surface area contributed by atoms with Crippen LogP contribution in [0.2, 0.25) is 0 Å². The Balaban J connectivity index is 2.62. The van der Waals surface area contributed by atoms with Crippen molar-refractivity contribution in [1.82, 2.24) is 9.88 Å². The number of primary amides is 1. The van der Waals surface area contributed by atoms with Crippen molar-refractivity contribution in [2.75, 3.05) is 14.2 Å². The number of hydrogen-bond donors (Lipinski definition) is 2. The fraction of sp³-hybridized carbons (Fsp3) is 0.650. The van der Waals surface area contributed by atoms with E-state index in [2.05, 4.69) is 4.98 Å². The number of methoxy groups -OCH3 is 1. The molecule has 152 valence electrons. The van der Waals surface area contributed by atoms with E-state index >= 15 is 0 Å². The number of nitrogens with two attached hydrogens (primary N) is 1. The molecule has 0 aliphatic rings. The van der Waals surface area contributed by atoms with E-state index in [1.54, 1.807) is 13.3 Å². The van der Waals surface area contributed by atoms with Gasteiger partial charge in [0.25, 0.3) is 0 Å². The van der Waals surface area contributed by atoms with Crippen LogP contribution in [0.15, 0.2) is 18.3 Å². The van der Waals surface area contributed by atoms with Gasteiger partial charge in [0.15, 0.2) is 0 Å². The highest BCUT2D eigenvalue weighted by molar-refractivity contribution is 5.87. The van der Waals surface area contributed by atoms with Crippen LogP contribution in [0, 0.1) is 11.8 Å². The lowest BCUT2D eigenvalue weighted by atomic mass is 9.91. The summed E-state index contributed by atoms with van der Waals surface area (Å²) in [4.78, 5) is 29.8. The smallest absolute Gasteiger partial charge is 0.242 e. The fourth-order valence-electron chi connectivity index (χ4n) is 3.00. The van der Waals surface area contributed by atoms with Gasteiger partial charge >= 0.3 is 0 Å². The van der Waals surface area contributed by atoms with Crippen molar-refractivity contribution in [3.05, 3.63) is 24.0 Å². The molecule has 7 nitrogen and oxygen atoms in total. The summed E-state index contributed by atoms with van der Waals surface area (Å²) >= 11 is 0. The van der Waals surface area contributed by atoms with Crippen LogP contribution in [-0.4, -0.2) is 53.1 Å². The topological polar surface area (TPSA) is 106 Å². The molecular weight excluding hydrogens is 346 g/mol. The Morgan fingerprint density at radius 2 is 1.96 bits per heavy atom. The molecule has 0 unspecified atom stereocenters. The van der Waals surface area contributed by atoms with Crippen molar-refractivity contribution in [2.24, 2.45) is 17.6 Å². The van der Waals surface area contributed by atoms with Crippen molar-refractivity contribution in [2.45, 2.75) is 58.6 Å². The summed E-state index contributed by atoms with van der Waals surface area (Å²) in [5.41, 5.74) is 6.42. The first-order chi connectivity index (χ1) is 12.7. The summed E-state index contributed by atoms with van der Waals surface area (Å²) < 4.78 is 5.09. The molecule has 1 aromatic rings. The van der Waals surface area contributed by atoms with E-state index in [1.165, 1.54) is 11.9 Å². The van der Waals surface area contributed by atoms with Gasteiger partial charge in [-0.25, -0.2) is 0 Å². The largest absolute Gasteiger partial charge is 0.495 e. The Morgan fingerprint density at radius 3 is 2.44 bits per heavy atom. The zero-order chi connectivity index (χ0) is 20.6. The number of amides is 2. The van der Waals surface area contributed by atoms with Gasteiger partial charge in [-0.15, -0.1) is 0 Å². The van der Waals surface area contributed by atoms with Crippen LogP contribution in [0.5, 0.6) is 5.75 Å². The van der Waals surface area contributed by atoms with Crippen LogP contribution in [0.1, 0.15) is 45.7 Å². The predicted octanol–water partition coefficient (Wildman–Crippen LogP) is 1.77. The second-order valence-corrected chi connectivity index (χ2v) is 7.50. The molecule has 7 heteroatoms. The minimum atomic E-state index is -1.02. The molecule has 1 rings (SSSR count). The Labute approximate surface area is 161 Å². The summed E-state index contributed by atoms with van der Waals surface area (Å²) in [6, 6.07) is 2.74. The van der Waals surface area contributed by atoms with Crippen molar-refractivity contribution >= 4 is 11.8 Å². The van der Waals surface area contributed by atoms with Crippen LogP contribution in [0.3, 0.4) is 0 Å². The number of carbonyl (C=O) groups excluding carboxylic acids is 2. The lowest BCUT2D eigenvalue weighted by Gasteiger charge is -2.33. The number of aryl methyl sites for hydroxylation is 1. The highest BCUT2D eigenvalue weighted by Gasteiger charge is 2.34. The SMILES string of the molecule is COc1ccc(CCC[C@@H](C)[C@@H](O)[C@@H](C(N)=O)N(C)C(=O)CC(C)C)nc1. The van der Waals surface area contributed by atoms with Gasteiger partial charge in [-0.2, -0.15) is 0 Å². The summed E-state index contributed by atoms with van der Waals surface area (Å²) in [6.45, 7) is 5.72. The lowest BCUT2D eigenvalue weighted by Crippen LogP contribution is -2.54. The van der Waals surface area contributed by atoms with Crippen molar-refractivity contribution in [3.63, 3.8) is 0 Å². The third-order valence-corrected chi connectivity index (χ3v) is 4.72. The highest BCUT2D eigenvalue weighted by Crippen LogP contribution is 2.20. The molecule has 0 saturated carbocycles. The Hall–Kier alpha value is -2.15. The minimum absolute atomic E-state index is 0.167. The third kappa shape index (κ3) is 7.17. The number of carbonyl (C=O) groups is 2. The van der Waals surface area contributed by atoms with Crippen LogP contribution in [0.4, 0.5) is 0 Å². The molecule has 0 fully saturated rings. The molecule has 1 aromatic heterocycles. The highest BCUT2D eigenvalue weighted by atomic mass is 16.5. The van der Waals surface area contributed by atoms with E-state index in [-0.39, 0.29) is 17.7 Å². The van der Waals surface area contributed by atoms with Gasteiger partial charge in [0.1, 0.15) is 11.8 Å². The maximum absolute atomic E-state index is 12.3. The first-order valence-corrected chi connectivity index (χ1v) is 9.39. The van der Waals surface area contributed by atoms with Gasteiger partial charge in [0.2, 0.25) is 11.8 Å².